The number of hydrogen-bond donors (Lipinski definition) is 2. The summed E-state index contributed by atoms with van der Waals surface area (Å²) in [6.07, 6.45) is 7.23. The Morgan fingerprint density at radius 1 is 1.15 bits per heavy atom. The van der Waals surface area contributed by atoms with E-state index in [4.69, 9.17) is 5.21 Å². The molecule has 13 heavy (non-hydrogen) atoms. The molecule has 0 bridgehead atoms. The third-order valence-corrected chi connectivity index (χ3v) is 3.72. The van der Waals surface area contributed by atoms with Gasteiger partial charge in [-0.2, -0.15) is 0 Å². The molecule has 0 spiro atoms. The van der Waals surface area contributed by atoms with Crippen molar-refractivity contribution in [3.05, 3.63) is 0 Å². The maximum atomic E-state index is 11.2. The molecular weight excluding hydrogens is 166 g/mol. The van der Waals surface area contributed by atoms with E-state index in [0.29, 0.717) is 0 Å². The molecule has 0 aromatic rings. The van der Waals surface area contributed by atoms with E-state index in [-0.39, 0.29) is 11.8 Å². The summed E-state index contributed by atoms with van der Waals surface area (Å²) < 4.78 is 0. The number of amides is 1. The van der Waals surface area contributed by atoms with Crippen molar-refractivity contribution >= 4 is 5.91 Å². The molecule has 2 N–H and O–H groups in total. The van der Waals surface area contributed by atoms with Crippen LogP contribution in [0.5, 0.6) is 0 Å². The Kier molecular flexibility index (Phi) is 2.54. The molecule has 0 aromatic heterocycles. The lowest BCUT2D eigenvalue weighted by Gasteiger charge is -2.24. The summed E-state index contributed by atoms with van der Waals surface area (Å²) in [7, 11) is 0. The van der Waals surface area contributed by atoms with Crippen LogP contribution in [0.15, 0.2) is 0 Å². The van der Waals surface area contributed by atoms with Crippen LogP contribution in [0.25, 0.3) is 0 Å². The summed E-state index contributed by atoms with van der Waals surface area (Å²) in [6, 6.07) is 0. The van der Waals surface area contributed by atoms with E-state index in [1.54, 1.807) is 5.48 Å². The minimum absolute atomic E-state index is 0.0816. The van der Waals surface area contributed by atoms with Crippen LogP contribution in [0.4, 0.5) is 0 Å². The zero-order valence-electron chi connectivity index (χ0n) is 7.83. The molecule has 0 aromatic carbocycles. The highest BCUT2D eigenvalue weighted by Crippen LogP contribution is 2.44. The monoisotopic (exact) mass is 183 g/mol. The van der Waals surface area contributed by atoms with E-state index < -0.39 is 0 Å². The average molecular weight is 183 g/mol. The summed E-state index contributed by atoms with van der Waals surface area (Å²) in [5.41, 5.74) is 1.78. The molecular formula is C10H17NO2. The maximum absolute atomic E-state index is 11.2. The second kappa shape index (κ2) is 3.66. The molecule has 2 unspecified atom stereocenters. The first kappa shape index (κ1) is 9.00. The highest BCUT2D eigenvalue weighted by atomic mass is 16.5. The second-order valence-electron chi connectivity index (χ2n) is 4.45. The van der Waals surface area contributed by atoms with E-state index in [9.17, 15) is 4.79 Å². The zero-order valence-corrected chi connectivity index (χ0v) is 7.83. The standard InChI is InChI=1S/C10H17NO2/c12-10(11-13)9-5-7-3-1-2-4-8(7)6-9/h7-9,13H,1-6H2,(H,11,12). The predicted molar refractivity (Wildman–Crippen MR) is 48.1 cm³/mol. The minimum atomic E-state index is -0.172. The number of carbonyl (C=O) groups excluding carboxylic acids is 1. The molecule has 3 nitrogen and oxygen atoms in total. The van der Waals surface area contributed by atoms with Crippen molar-refractivity contribution in [3.63, 3.8) is 0 Å². The summed E-state index contributed by atoms with van der Waals surface area (Å²) in [5.74, 6) is 1.43. The van der Waals surface area contributed by atoms with E-state index >= 15 is 0 Å². The Balaban J connectivity index is 1.94. The zero-order chi connectivity index (χ0) is 9.26. The fourth-order valence-corrected chi connectivity index (χ4v) is 3.04. The largest absolute Gasteiger partial charge is 0.289 e. The fourth-order valence-electron chi connectivity index (χ4n) is 3.04. The van der Waals surface area contributed by atoms with Crippen LogP contribution in [0.1, 0.15) is 38.5 Å². The van der Waals surface area contributed by atoms with Gasteiger partial charge in [0.15, 0.2) is 0 Å². The molecule has 2 saturated carbocycles. The Hall–Kier alpha value is -0.570. The first-order valence-corrected chi connectivity index (χ1v) is 5.25. The maximum Gasteiger partial charge on any atom is 0.246 e. The second-order valence-corrected chi connectivity index (χ2v) is 4.45. The lowest BCUT2D eigenvalue weighted by molar-refractivity contribution is -0.133. The van der Waals surface area contributed by atoms with Crippen LogP contribution in [-0.2, 0) is 4.79 Å². The lowest BCUT2D eigenvalue weighted by Crippen LogP contribution is -2.26. The number of nitrogens with one attached hydrogen (secondary N) is 1. The lowest BCUT2D eigenvalue weighted by atomic mass is 9.82. The molecule has 0 saturated heterocycles. The van der Waals surface area contributed by atoms with Crippen molar-refractivity contribution in [2.75, 3.05) is 0 Å². The molecule has 0 radical (unpaired) electrons. The molecule has 2 aliphatic rings. The van der Waals surface area contributed by atoms with Crippen molar-refractivity contribution in [2.24, 2.45) is 17.8 Å². The first-order valence-electron chi connectivity index (χ1n) is 5.25. The molecule has 3 heteroatoms. The molecule has 2 rings (SSSR count). The number of fused-ring (bicyclic) bond motifs is 1. The van der Waals surface area contributed by atoms with Crippen molar-refractivity contribution < 1.29 is 10.0 Å². The van der Waals surface area contributed by atoms with Crippen LogP contribution in [0, 0.1) is 17.8 Å². The van der Waals surface area contributed by atoms with E-state index in [1.807, 2.05) is 0 Å². The summed E-state index contributed by atoms with van der Waals surface area (Å²) >= 11 is 0. The Bertz CT molecular complexity index is 191. The van der Waals surface area contributed by atoms with Crippen LogP contribution in [0.2, 0.25) is 0 Å². The van der Waals surface area contributed by atoms with Gasteiger partial charge < -0.3 is 0 Å². The van der Waals surface area contributed by atoms with Gasteiger partial charge >= 0.3 is 0 Å². The molecule has 2 atom stereocenters. The molecule has 2 fully saturated rings. The van der Waals surface area contributed by atoms with Crippen LogP contribution < -0.4 is 5.48 Å². The molecule has 0 aliphatic heterocycles. The molecule has 1 amide bonds. The Morgan fingerprint density at radius 2 is 1.69 bits per heavy atom. The van der Waals surface area contributed by atoms with E-state index in [2.05, 4.69) is 0 Å². The van der Waals surface area contributed by atoms with Gasteiger partial charge in [0.05, 0.1) is 0 Å². The van der Waals surface area contributed by atoms with Gasteiger partial charge in [-0.1, -0.05) is 25.7 Å². The molecule has 2 aliphatic carbocycles. The number of carbonyl (C=O) groups is 1. The molecule has 0 heterocycles. The fraction of sp³-hybridized carbons (Fsp3) is 0.900. The SMILES string of the molecule is O=C(NO)C1CC2CCCCC2C1. The normalized spacial score (nSPS) is 38.4. The van der Waals surface area contributed by atoms with Crippen LogP contribution in [-0.4, -0.2) is 11.1 Å². The Labute approximate surface area is 78.5 Å². The molecule has 74 valence electrons. The van der Waals surface area contributed by atoms with Gasteiger partial charge in [0.1, 0.15) is 0 Å². The highest BCUT2D eigenvalue weighted by molar-refractivity contribution is 5.77. The number of hydrogen-bond acceptors (Lipinski definition) is 2. The van der Waals surface area contributed by atoms with Crippen molar-refractivity contribution in [2.45, 2.75) is 38.5 Å². The summed E-state index contributed by atoms with van der Waals surface area (Å²) in [6.45, 7) is 0. The van der Waals surface area contributed by atoms with Gasteiger partial charge in [0.2, 0.25) is 5.91 Å². The van der Waals surface area contributed by atoms with Gasteiger partial charge in [-0.05, 0) is 24.7 Å². The van der Waals surface area contributed by atoms with Crippen LogP contribution >= 0.6 is 0 Å². The van der Waals surface area contributed by atoms with Crippen molar-refractivity contribution in [3.8, 4) is 0 Å². The van der Waals surface area contributed by atoms with Crippen molar-refractivity contribution in [1.29, 1.82) is 0 Å². The quantitative estimate of drug-likeness (QED) is 0.480. The van der Waals surface area contributed by atoms with Gasteiger partial charge in [0, 0.05) is 5.92 Å². The number of hydroxylamine groups is 1. The third-order valence-electron chi connectivity index (χ3n) is 3.72. The van der Waals surface area contributed by atoms with Gasteiger partial charge in [-0.15, -0.1) is 0 Å². The van der Waals surface area contributed by atoms with Gasteiger partial charge in [-0.3, -0.25) is 10.0 Å². The summed E-state index contributed by atoms with van der Waals surface area (Å²) in [4.78, 5) is 11.2. The Morgan fingerprint density at radius 3 is 2.15 bits per heavy atom. The topological polar surface area (TPSA) is 49.3 Å². The van der Waals surface area contributed by atoms with Crippen molar-refractivity contribution in [1.82, 2.24) is 5.48 Å². The van der Waals surface area contributed by atoms with Crippen LogP contribution in [0.3, 0.4) is 0 Å². The van der Waals surface area contributed by atoms with Gasteiger partial charge in [-0.25, -0.2) is 5.48 Å². The highest BCUT2D eigenvalue weighted by Gasteiger charge is 2.38. The smallest absolute Gasteiger partial charge is 0.246 e. The first-order chi connectivity index (χ1) is 6.31. The van der Waals surface area contributed by atoms with Gasteiger partial charge in [0.25, 0.3) is 0 Å². The van der Waals surface area contributed by atoms with E-state index in [1.165, 1.54) is 25.7 Å². The summed E-state index contributed by atoms with van der Waals surface area (Å²) in [5, 5.41) is 8.53. The third kappa shape index (κ3) is 1.70. The minimum Gasteiger partial charge on any atom is -0.289 e. The number of rotatable bonds is 1. The van der Waals surface area contributed by atoms with E-state index in [0.717, 1.165) is 24.7 Å². The average Bonchev–Trinajstić information content (AvgIpc) is 2.59. The predicted octanol–water partition coefficient (Wildman–Crippen LogP) is 1.71.